The molecule has 0 atom stereocenters. The Hall–Kier alpha value is -2.93. The first-order valence-corrected chi connectivity index (χ1v) is 9.71. The number of aromatic nitrogens is 1. The number of pyridine rings is 1. The van der Waals surface area contributed by atoms with Crippen LogP contribution in [0.1, 0.15) is 33.7 Å². The van der Waals surface area contributed by atoms with Crippen LogP contribution in [0.15, 0.2) is 42.6 Å². The zero-order chi connectivity index (χ0) is 19.3. The Labute approximate surface area is 164 Å². The van der Waals surface area contributed by atoms with E-state index in [-0.39, 0.29) is 11.8 Å². The molecule has 3 heterocycles. The van der Waals surface area contributed by atoms with E-state index in [4.69, 9.17) is 4.74 Å². The fraction of sp³-hybridized carbons (Fsp3) is 0.381. The predicted octanol–water partition coefficient (Wildman–Crippen LogP) is 2.41. The van der Waals surface area contributed by atoms with Crippen LogP contribution in [0, 0.1) is 0 Å². The Balaban J connectivity index is 1.51. The summed E-state index contributed by atoms with van der Waals surface area (Å²) in [6, 6.07) is 10.9. The Morgan fingerprint density at radius 3 is 2.54 bits per heavy atom. The molecular formula is C21H24N4O3. The van der Waals surface area contributed by atoms with Crippen LogP contribution in [0.25, 0.3) is 0 Å². The normalized spacial score (nSPS) is 16.9. The lowest BCUT2D eigenvalue weighted by Gasteiger charge is -2.30. The van der Waals surface area contributed by atoms with Gasteiger partial charge < -0.3 is 19.9 Å². The third kappa shape index (κ3) is 3.99. The SMILES string of the molecule is O=C(Nc1ccccc1N1CCOCC1)c1ccnc(C(=O)N2CCCC2)c1. The average Bonchev–Trinajstić information content (AvgIpc) is 3.29. The molecule has 146 valence electrons. The van der Waals surface area contributed by atoms with Crippen molar-refractivity contribution in [3.05, 3.63) is 53.9 Å². The molecule has 2 saturated heterocycles. The number of carbonyl (C=O) groups is 2. The highest BCUT2D eigenvalue weighted by Crippen LogP contribution is 2.27. The zero-order valence-electron chi connectivity index (χ0n) is 15.8. The summed E-state index contributed by atoms with van der Waals surface area (Å²) < 4.78 is 5.42. The minimum Gasteiger partial charge on any atom is -0.378 e. The fourth-order valence-corrected chi connectivity index (χ4v) is 3.62. The maximum Gasteiger partial charge on any atom is 0.272 e. The number of rotatable bonds is 4. The summed E-state index contributed by atoms with van der Waals surface area (Å²) in [5, 5.41) is 2.99. The number of likely N-dealkylation sites (tertiary alicyclic amines) is 1. The minimum absolute atomic E-state index is 0.110. The second kappa shape index (κ2) is 8.39. The van der Waals surface area contributed by atoms with E-state index in [1.165, 1.54) is 6.20 Å². The molecule has 2 amide bonds. The molecule has 2 aliphatic heterocycles. The number of nitrogens with zero attached hydrogens (tertiary/aromatic N) is 3. The van der Waals surface area contributed by atoms with E-state index in [1.54, 1.807) is 17.0 Å². The van der Waals surface area contributed by atoms with Gasteiger partial charge in [-0.05, 0) is 37.1 Å². The molecule has 0 saturated carbocycles. The number of hydrogen-bond acceptors (Lipinski definition) is 5. The van der Waals surface area contributed by atoms with E-state index in [0.717, 1.165) is 50.4 Å². The molecule has 0 radical (unpaired) electrons. The third-order valence-electron chi connectivity index (χ3n) is 5.14. The fourth-order valence-electron chi connectivity index (χ4n) is 3.62. The standard InChI is InChI=1S/C21H24N4O3/c26-20(16-7-8-22-18(15-16)21(27)25-9-3-4-10-25)23-17-5-1-2-6-19(17)24-11-13-28-14-12-24/h1-2,5-8,15H,3-4,9-14H2,(H,23,26). The molecule has 1 N–H and O–H groups in total. The lowest BCUT2D eigenvalue weighted by molar-refractivity contribution is 0.0787. The molecule has 2 aromatic rings. The number of para-hydroxylation sites is 2. The van der Waals surface area contributed by atoms with E-state index in [1.807, 2.05) is 24.3 Å². The van der Waals surface area contributed by atoms with Gasteiger partial charge in [-0.15, -0.1) is 0 Å². The predicted molar refractivity (Wildman–Crippen MR) is 107 cm³/mol. The Bertz CT molecular complexity index is 858. The number of amides is 2. The van der Waals surface area contributed by atoms with Crippen LogP contribution in [-0.4, -0.2) is 61.1 Å². The number of hydrogen-bond donors (Lipinski definition) is 1. The molecule has 0 spiro atoms. The average molecular weight is 380 g/mol. The number of ether oxygens (including phenoxy) is 1. The van der Waals surface area contributed by atoms with E-state index in [2.05, 4.69) is 15.2 Å². The van der Waals surface area contributed by atoms with Gasteiger partial charge in [0.1, 0.15) is 5.69 Å². The minimum atomic E-state index is -0.251. The molecular weight excluding hydrogens is 356 g/mol. The van der Waals surface area contributed by atoms with Crippen molar-refractivity contribution in [2.24, 2.45) is 0 Å². The van der Waals surface area contributed by atoms with Crippen LogP contribution >= 0.6 is 0 Å². The van der Waals surface area contributed by atoms with Crippen LogP contribution in [0.2, 0.25) is 0 Å². The highest BCUT2D eigenvalue weighted by molar-refractivity contribution is 6.07. The molecule has 0 bridgehead atoms. The summed E-state index contributed by atoms with van der Waals surface area (Å²) in [4.78, 5) is 33.6. The maximum absolute atomic E-state index is 12.8. The van der Waals surface area contributed by atoms with Gasteiger partial charge in [0.15, 0.2) is 0 Å². The number of anilines is 2. The molecule has 4 rings (SSSR count). The van der Waals surface area contributed by atoms with Crippen molar-refractivity contribution in [1.82, 2.24) is 9.88 Å². The van der Waals surface area contributed by atoms with Crippen molar-refractivity contribution >= 4 is 23.2 Å². The van der Waals surface area contributed by atoms with E-state index < -0.39 is 0 Å². The molecule has 28 heavy (non-hydrogen) atoms. The summed E-state index contributed by atoms with van der Waals surface area (Å²) in [6.07, 6.45) is 3.56. The van der Waals surface area contributed by atoms with Crippen LogP contribution in [0.5, 0.6) is 0 Å². The second-order valence-corrected chi connectivity index (χ2v) is 7.00. The molecule has 0 unspecified atom stereocenters. The van der Waals surface area contributed by atoms with Gasteiger partial charge in [0.25, 0.3) is 11.8 Å². The number of carbonyl (C=O) groups excluding carboxylic acids is 2. The summed E-state index contributed by atoms with van der Waals surface area (Å²) in [5.74, 6) is -0.362. The van der Waals surface area contributed by atoms with Gasteiger partial charge in [0, 0.05) is 37.9 Å². The lowest BCUT2D eigenvalue weighted by Crippen LogP contribution is -2.36. The monoisotopic (exact) mass is 380 g/mol. The molecule has 2 fully saturated rings. The van der Waals surface area contributed by atoms with Crippen LogP contribution < -0.4 is 10.2 Å². The van der Waals surface area contributed by atoms with Gasteiger partial charge >= 0.3 is 0 Å². The summed E-state index contributed by atoms with van der Waals surface area (Å²) >= 11 is 0. The third-order valence-corrected chi connectivity index (χ3v) is 5.14. The largest absolute Gasteiger partial charge is 0.378 e. The van der Waals surface area contributed by atoms with Crippen LogP contribution in [-0.2, 0) is 4.74 Å². The molecule has 1 aromatic carbocycles. The van der Waals surface area contributed by atoms with E-state index in [9.17, 15) is 9.59 Å². The van der Waals surface area contributed by atoms with Gasteiger partial charge in [-0.3, -0.25) is 14.6 Å². The first-order valence-electron chi connectivity index (χ1n) is 9.71. The van der Waals surface area contributed by atoms with Gasteiger partial charge in [-0.2, -0.15) is 0 Å². The zero-order valence-corrected chi connectivity index (χ0v) is 15.8. The van der Waals surface area contributed by atoms with E-state index in [0.29, 0.717) is 24.5 Å². The molecule has 0 aliphatic carbocycles. The first kappa shape index (κ1) is 18.4. The van der Waals surface area contributed by atoms with Crippen molar-refractivity contribution in [2.45, 2.75) is 12.8 Å². The van der Waals surface area contributed by atoms with Crippen molar-refractivity contribution in [1.29, 1.82) is 0 Å². The quantitative estimate of drug-likeness (QED) is 0.882. The van der Waals surface area contributed by atoms with Crippen LogP contribution in [0.3, 0.4) is 0 Å². The molecule has 1 aromatic heterocycles. The van der Waals surface area contributed by atoms with Gasteiger partial charge in [0.05, 0.1) is 24.6 Å². The smallest absolute Gasteiger partial charge is 0.272 e. The Morgan fingerprint density at radius 2 is 1.75 bits per heavy atom. The lowest BCUT2D eigenvalue weighted by atomic mass is 10.1. The van der Waals surface area contributed by atoms with Gasteiger partial charge in [0.2, 0.25) is 0 Å². The van der Waals surface area contributed by atoms with Gasteiger partial charge in [-0.25, -0.2) is 0 Å². The first-order chi connectivity index (χ1) is 13.7. The number of benzene rings is 1. The Kier molecular flexibility index (Phi) is 5.53. The molecule has 7 nitrogen and oxygen atoms in total. The van der Waals surface area contributed by atoms with Gasteiger partial charge in [-0.1, -0.05) is 12.1 Å². The second-order valence-electron chi connectivity index (χ2n) is 7.00. The Morgan fingerprint density at radius 1 is 1.00 bits per heavy atom. The van der Waals surface area contributed by atoms with E-state index >= 15 is 0 Å². The highest BCUT2D eigenvalue weighted by atomic mass is 16.5. The topological polar surface area (TPSA) is 74.8 Å². The molecule has 7 heteroatoms. The number of nitrogens with one attached hydrogen (secondary N) is 1. The van der Waals surface area contributed by atoms with Crippen LogP contribution in [0.4, 0.5) is 11.4 Å². The van der Waals surface area contributed by atoms with Crippen molar-refractivity contribution in [3.8, 4) is 0 Å². The number of morpholine rings is 1. The van der Waals surface area contributed by atoms with Crippen molar-refractivity contribution in [2.75, 3.05) is 49.6 Å². The summed E-state index contributed by atoms with van der Waals surface area (Å²) in [6.45, 7) is 4.43. The van der Waals surface area contributed by atoms with Crippen molar-refractivity contribution < 1.29 is 14.3 Å². The van der Waals surface area contributed by atoms with Crippen molar-refractivity contribution in [3.63, 3.8) is 0 Å². The maximum atomic E-state index is 12.8. The highest BCUT2D eigenvalue weighted by Gasteiger charge is 2.22. The summed E-state index contributed by atoms with van der Waals surface area (Å²) in [5.41, 5.74) is 2.46. The summed E-state index contributed by atoms with van der Waals surface area (Å²) in [7, 11) is 0. The molecule has 2 aliphatic rings.